The molecule has 27 heavy (non-hydrogen) atoms. The van der Waals surface area contributed by atoms with Gasteiger partial charge in [-0.1, -0.05) is 30.3 Å². The van der Waals surface area contributed by atoms with Crippen molar-refractivity contribution < 1.29 is 19.8 Å². The molecule has 1 atom stereocenters. The number of carbonyl (C=O) groups is 2. The van der Waals surface area contributed by atoms with Gasteiger partial charge < -0.3 is 20.4 Å². The summed E-state index contributed by atoms with van der Waals surface area (Å²) < 4.78 is 0. The van der Waals surface area contributed by atoms with E-state index in [-0.39, 0.29) is 35.7 Å². The fourth-order valence-electron chi connectivity index (χ4n) is 3.52. The minimum Gasteiger partial charge on any atom is -0.508 e. The number of piperazine rings is 1. The minimum absolute atomic E-state index is 0.110. The van der Waals surface area contributed by atoms with Gasteiger partial charge in [-0.15, -0.1) is 0 Å². The van der Waals surface area contributed by atoms with E-state index >= 15 is 0 Å². The van der Waals surface area contributed by atoms with Crippen LogP contribution in [-0.4, -0.2) is 45.6 Å². The Balaban J connectivity index is 1.94. The maximum atomic E-state index is 13.1. The van der Waals surface area contributed by atoms with Gasteiger partial charge in [-0.2, -0.15) is 0 Å². The van der Waals surface area contributed by atoms with E-state index in [4.69, 9.17) is 0 Å². The van der Waals surface area contributed by atoms with E-state index in [9.17, 15) is 19.8 Å². The van der Waals surface area contributed by atoms with E-state index in [1.54, 1.807) is 61.2 Å². The summed E-state index contributed by atoms with van der Waals surface area (Å²) in [6, 6.07) is 13.5. The Morgan fingerprint density at radius 1 is 1.15 bits per heavy atom. The van der Waals surface area contributed by atoms with Crippen molar-refractivity contribution in [1.29, 1.82) is 0 Å². The van der Waals surface area contributed by atoms with Crippen LogP contribution in [0.3, 0.4) is 0 Å². The Morgan fingerprint density at radius 3 is 2.48 bits per heavy atom. The second-order valence-electron chi connectivity index (χ2n) is 7.27. The van der Waals surface area contributed by atoms with E-state index in [2.05, 4.69) is 5.32 Å². The Hall–Kier alpha value is -3.02. The van der Waals surface area contributed by atoms with Crippen molar-refractivity contribution in [2.75, 3.05) is 13.1 Å². The van der Waals surface area contributed by atoms with Gasteiger partial charge >= 0.3 is 0 Å². The molecular weight excluding hydrogens is 344 g/mol. The Morgan fingerprint density at radius 2 is 1.81 bits per heavy atom. The summed E-state index contributed by atoms with van der Waals surface area (Å²) in [6.45, 7) is 4.33. The molecule has 0 aliphatic carbocycles. The molecule has 0 spiro atoms. The molecule has 0 radical (unpaired) electrons. The van der Waals surface area contributed by atoms with E-state index in [0.717, 1.165) is 5.56 Å². The minimum atomic E-state index is -0.923. The molecule has 0 saturated carbocycles. The van der Waals surface area contributed by atoms with Crippen molar-refractivity contribution in [2.45, 2.75) is 31.7 Å². The highest BCUT2D eigenvalue weighted by Crippen LogP contribution is 2.35. The van der Waals surface area contributed by atoms with Gasteiger partial charge in [0.1, 0.15) is 17.0 Å². The molecule has 2 aromatic rings. The highest BCUT2D eigenvalue weighted by Gasteiger charge is 2.41. The molecule has 1 saturated heterocycles. The second kappa shape index (κ2) is 7.31. The van der Waals surface area contributed by atoms with E-state index in [1.807, 2.05) is 6.07 Å². The zero-order valence-corrected chi connectivity index (χ0v) is 15.5. The second-order valence-corrected chi connectivity index (χ2v) is 7.27. The van der Waals surface area contributed by atoms with Gasteiger partial charge in [0.2, 0.25) is 11.8 Å². The molecular formula is C21H24N2O4. The summed E-state index contributed by atoms with van der Waals surface area (Å²) in [6.07, 6.45) is 0.110. The van der Waals surface area contributed by atoms with Crippen LogP contribution in [0.4, 0.5) is 0 Å². The van der Waals surface area contributed by atoms with Gasteiger partial charge in [0.25, 0.3) is 0 Å². The molecule has 6 nitrogen and oxygen atoms in total. The molecule has 0 aromatic heterocycles. The number of nitrogens with one attached hydrogen (secondary N) is 1. The third-order valence-corrected chi connectivity index (χ3v) is 5.14. The van der Waals surface area contributed by atoms with E-state index < -0.39 is 5.54 Å². The van der Waals surface area contributed by atoms with Crippen LogP contribution in [0.2, 0.25) is 0 Å². The molecule has 3 rings (SSSR count). The first-order chi connectivity index (χ1) is 12.8. The number of para-hydroxylation sites is 1. The average Bonchev–Trinajstić information content (AvgIpc) is 2.63. The number of nitrogens with zero attached hydrogens (tertiary/aromatic N) is 1. The molecule has 1 aliphatic rings. The normalized spacial score (nSPS) is 17.3. The van der Waals surface area contributed by atoms with Gasteiger partial charge in [-0.3, -0.25) is 9.59 Å². The predicted molar refractivity (Wildman–Crippen MR) is 101 cm³/mol. The fraction of sp³-hybridized carbons (Fsp3) is 0.333. The number of hydrogen-bond acceptors (Lipinski definition) is 4. The zero-order valence-electron chi connectivity index (χ0n) is 15.5. The fourth-order valence-corrected chi connectivity index (χ4v) is 3.52. The van der Waals surface area contributed by atoms with Crippen LogP contribution >= 0.6 is 0 Å². The van der Waals surface area contributed by atoms with Crippen LogP contribution < -0.4 is 5.32 Å². The van der Waals surface area contributed by atoms with Crippen LogP contribution in [0.1, 0.15) is 37.3 Å². The van der Waals surface area contributed by atoms with Crippen molar-refractivity contribution in [3.63, 3.8) is 0 Å². The number of rotatable bonds is 4. The summed E-state index contributed by atoms with van der Waals surface area (Å²) in [5.74, 6) is -0.476. The molecule has 2 aromatic carbocycles. The van der Waals surface area contributed by atoms with Gasteiger partial charge in [-0.05, 0) is 37.6 Å². The number of hydrogen-bond donors (Lipinski definition) is 3. The van der Waals surface area contributed by atoms with Gasteiger partial charge in [-0.25, -0.2) is 0 Å². The molecule has 2 amide bonds. The predicted octanol–water partition coefficient (Wildman–Crippen LogP) is 2.36. The largest absolute Gasteiger partial charge is 0.508 e. The Bertz CT molecular complexity index is 846. The Kier molecular flexibility index (Phi) is 5.08. The molecule has 1 fully saturated rings. The molecule has 6 heteroatoms. The highest BCUT2D eigenvalue weighted by atomic mass is 16.3. The van der Waals surface area contributed by atoms with Crippen LogP contribution in [0.15, 0.2) is 48.5 Å². The maximum absolute atomic E-state index is 13.1. The molecule has 3 N–H and O–H groups in total. The number of benzene rings is 2. The van der Waals surface area contributed by atoms with Crippen molar-refractivity contribution >= 4 is 11.8 Å². The SMILES string of the molecule is CC1(C)C(=O)NCCN1C(=O)CC(c1ccc(O)cc1)c1ccccc1O. The quantitative estimate of drug-likeness (QED) is 0.773. The molecule has 0 bridgehead atoms. The first kappa shape index (κ1) is 18.8. The molecule has 142 valence electrons. The van der Waals surface area contributed by atoms with Crippen molar-refractivity contribution in [2.24, 2.45) is 0 Å². The Labute approximate surface area is 158 Å². The number of aromatic hydroxyl groups is 2. The number of phenols is 2. The number of carbonyl (C=O) groups excluding carboxylic acids is 2. The lowest BCUT2D eigenvalue weighted by atomic mass is 9.86. The third kappa shape index (κ3) is 3.74. The topological polar surface area (TPSA) is 89.9 Å². The molecule has 1 unspecified atom stereocenters. The number of phenolic OH excluding ortho intramolecular Hbond substituents is 2. The smallest absolute Gasteiger partial charge is 0.245 e. The molecule has 1 heterocycles. The summed E-state index contributed by atoms with van der Waals surface area (Å²) in [5, 5.41) is 22.7. The zero-order chi connectivity index (χ0) is 19.6. The van der Waals surface area contributed by atoms with Gasteiger partial charge in [0, 0.05) is 31.0 Å². The summed E-state index contributed by atoms with van der Waals surface area (Å²) >= 11 is 0. The average molecular weight is 368 g/mol. The van der Waals surface area contributed by atoms with Crippen LogP contribution in [0.25, 0.3) is 0 Å². The summed E-state index contributed by atoms with van der Waals surface area (Å²) in [4.78, 5) is 26.9. The standard InChI is InChI=1S/C21H24N2O4/c1-21(2)20(27)22-11-12-23(21)19(26)13-17(14-7-9-15(24)10-8-14)16-5-3-4-6-18(16)25/h3-10,17,24-25H,11-13H2,1-2H3,(H,22,27). The van der Waals surface area contributed by atoms with Crippen LogP contribution in [0.5, 0.6) is 11.5 Å². The summed E-state index contributed by atoms with van der Waals surface area (Å²) in [7, 11) is 0. The highest BCUT2D eigenvalue weighted by molar-refractivity contribution is 5.92. The van der Waals surface area contributed by atoms with E-state index in [0.29, 0.717) is 18.7 Å². The van der Waals surface area contributed by atoms with E-state index in [1.165, 1.54) is 0 Å². The van der Waals surface area contributed by atoms with Crippen LogP contribution in [-0.2, 0) is 9.59 Å². The first-order valence-corrected chi connectivity index (χ1v) is 8.96. The first-order valence-electron chi connectivity index (χ1n) is 8.96. The van der Waals surface area contributed by atoms with Crippen molar-refractivity contribution in [1.82, 2.24) is 10.2 Å². The monoisotopic (exact) mass is 368 g/mol. The van der Waals surface area contributed by atoms with Crippen molar-refractivity contribution in [3.8, 4) is 11.5 Å². The maximum Gasteiger partial charge on any atom is 0.245 e. The van der Waals surface area contributed by atoms with Crippen LogP contribution in [0, 0.1) is 0 Å². The summed E-state index contributed by atoms with van der Waals surface area (Å²) in [5.41, 5.74) is 0.519. The number of amides is 2. The third-order valence-electron chi connectivity index (χ3n) is 5.14. The van der Waals surface area contributed by atoms with Crippen molar-refractivity contribution in [3.05, 3.63) is 59.7 Å². The van der Waals surface area contributed by atoms with Gasteiger partial charge in [0.05, 0.1) is 0 Å². The lowest BCUT2D eigenvalue weighted by Crippen LogP contribution is -2.63. The lowest BCUT2D eigenvalue weighted by molar-refractivity contribution is -0.149. The molecule has 1 aliphatic heterocycles. The lowest BCUT2D eigenvalue weighted by Gasteiger charge is -2.41. The van der Waals surface area contributed by atoms with Gasteiger partial charge in [0.15, 0.2) is 0 Å².